The van der Waals surface area contributed by atoms with E-state index < -0.39 is 11.3 Å². The summed E-state index contributed by atoms with van der Waals surface area (Å²) in [4.78, 5) is 13.4. The molecule has 0 aliphatic rings. The highest BCUT2D eigenvalue weighted by Gasteiger charge is 2.21. The summed E-state index contributed by atoms with van der Waals surface area (Å²) in [6, 6.07) is 1.93. The first kappa shape index (κ1) is 10.5. The first-order chi connectivity index (χ1) is 6.06. The quantitative estimate of drug-likeness (QED) is 0.564. The van der Waals surface area contributed by atoms with Crippen molar-refractivity contribution in [2.75, 3.05) is 7.11 Å². The molecule has 0 saturated heterocycles. The van der Waals surface area contributed by atoms with E-state index in [0.717, 1.165) is 15.3 Å². The summed E-state index contributed by atoms with van der Waals surface area (Å²) in [5, 5.41) is -0.671. The Bertz CT molecular complexity index is 319. The van der Waals surface area contributed by atoms with Crippen LogP contribution in [-0.4, -0.2) is 13.1 Å². The third-order valence-electron chi connectivity index (χ3n) is 1.76. The summed E-state index contributed by atoms with van der Waals surface area (Å²) in [5.41, 5.74) is 0.857. The van der Waals surface area contributed by atoms with Gasteiger partial charge in [-0.1, -0.05) is 0 Å². The summed E-state index contributed by atoms with van der Waals surface area (Å²) in [7, 11) is 1.34. The zero-order valence-electron chi connectivity index (χ0n) is 7.76. The average molecular weight is 219 g/mol. The molecule has 1 atom stereocenters. The van der Waals surface area contributed by atoms with E-state index in [4.69, 9.17) is 11.6 Å². The van der Waals surface area contributed by atoms with E-state index in [1.165, 1.54) is 7.11 Å². The van der Waals surface area contributed by atoms with Gasteiger partial charge in [0.15, 0.2) is 5.38 Å². The standard InChI is InChI=1S/C9H11ClO2S/c1-5-4-7(6(2)13-5)8(10)9(11)12-3/h4,8H,1-3H3. The minimum Gasteiger partial charge on any atom is -0.468 e. The van der Waals surface area contributed by atoms with Crippen LogP contribution >= 0.6 is 22.9 Å². The molecule has 0 bridgehead atoms. The lowest BCUT2D eigenvalue weighted by Gasteiger charge is -2.05. The van der Waals surface area contributed by atoms with Crippen LogP contribution in [0.25, 0.3) is 0 Å². The molecule has 72 valence electrons. The molecule has 1 aromatic heterocycles. The zero-order chi connectivity index (χ0) is 10.0. The fraction of sp³-hybridized carbons (Fsp3) is 0.444. The van der Waals surface area contributed by atoms with Gasteiger partial charge in [0.05, 0.1) is 7.11 Å². The molecule has 0 radical (unpaired) electrons. The summed E-state index contributed by atoms with van der Waals surface area (Å²) >= 11 is 7.54. The van der Waals surface area contributed by atoms with E-state index in [0.29, 0.717) is 0 Å². The highest BCUT2D eigenvalue weighted by atomic mass is 35.5. The molecule has 0 aliphatic heterocycles. The molecular weight excluding hydrogens is 208 g/mol. The third kappa shape index (κ3) is 2.23. The highest BCUT2D eigenvalue weighted by Crippen LogP contribution is 2.30. The van der Waals surface area contributed by atoms with Crippen LogP contribution in [0.5, 0.6) is 0 Å². The number of methoxy groups -OCH3 is 1. The number of hydrogen-bond acceptors (Lipinski definition) is 3. The molecule has 0 spiro atoms. The molecule has 0 aromatic carbocycles. The normalized spacial score (nSPS) is 12.6. The van der Waals surface area contributed by atoms with Crippen LogP contribution in [0.3, 0.4) is 0 Å². The summed E-state index contributed by atoms with van der Waals surface area (Å²) < 4.78 is 4.56. The van der Waals surface area contributed by atoms with E-state index in [1.807, 2.05) is 19.9 Å². The van der Waals surface area contributed by atoms with Gasteiger partial charge in [-0.3, -0.25) is 4.79 Å². The maximum absolute atomic E-state index is 11.1. The SMILES string of the molecule is COC(=O)C(Cl)c1cc(C)sc1C. The number of alkyl halides is 1. The van der Waals surface area contributed by atoms with E-state index >= 15 is 0 Å². The minimum atomic E-state index is -0.671. The van der Waals surface area contributed by atoms with E-state index in [9.17, 15) is 4.79 Å². The number of ether oxygens (including phenoxy) is 1. The predicted octanol–water partition coefficient (Wildman–Crippen LogP) is 2.82. The molecule has 0 fully saturated rings. The number of aryl methyl sites for hydroxylation is 2. The van der Waals surface area contributed by atoms with E-state index in [1.54, 1.807) is 11.3 Å². The molecule has 0 aliphatic carbocycles. The summed E-state index contributed by atoms with van der Waals surface area (Å²) in [5.74, 6) is -0.400. The van der Waals surface area contributed by atoms with Gasteiger partial charge in [0.2, 0.25) is 0 Å². The molecule has 0 saturated carbocycles. The molecule has 13 heavy (non-hydrogen) atoms. The van der Waals surface area contributed by atoms with Crippen LogP contribution in [0, 0.1) is 13.8 Å². The number of thiophene rings is 1. The van der Waals surface area contributed by atoms with Crippen LogP contribution in [0.15, 0.2) is 6.07 Å². The lowest BCUT2D eigenvalue weighted by Crippen LogP contribution is -2.08. The Morgan fingerprint density at radius 3 is 2.62 bits per heavy atom. The van der Waals surface area contributed by atoms with Gasteiger partial charge in [-0.05, 0) is 25.5 Å². The fourth-order valence-corrected chi connectivity index (χ4v) is 2.48. The smallest absolute Gasteiger partial charge is 0.328 e. The van der Waals surface area contributed by atoms with Crippen LogP contribution in [-0.2, 0) is 9.53 Å². The maximum atomic E-state index is 11.1. The van der Waals surface area contributed by atoms with Crippen molar-refractivity contribution in [2.45, 2.75) is 19.2 Å². The number of esters is 1. The van der Waals surface area contributed by atoms with Crippen LogP contribution in [0.1, 0.15) is 20.7 Å². The molecule has 1 unspecified atom stereocenters. The fourth-order valence-electron chi connectivity index (χ4n) is 1.13. The summed E-state index contributed by atoms with van der Waals surface area (Å²) in [6.45, 7) is 3.94. The molecule has 1 rings (SSSR count). The topological polar surface area (TPSA) is 26.3 Å². The first-order valence-electron chi connectivity index (χ1n) is 3.85. The Hall–Kier alpha value is -0.540. The van der Waals surface area contributed by atoms with Gasteiger partial charge in [-0.2, -0.15) is 0 Å². The number of carbonyl (C=O) groups excluding carboxylic acids is 1. The van der Waals surface area contributed by atoms with Gasteiger partial charge in [0, 0.05) is 9.75 Å². The Kier molecular flexibility index (Phi) is 3.33. The maximum Gasteiger partial charge on any atom is 0.328 e. The molecule has 2 nitrogen and oxygen atoms in total. The molecule has 0 amide bonds. The minimum absolute atomic E-state index is 0.400. The van der Waals surface area contributed by atoms with Gasteiger partial charge in [-0.25, -0.2) is 0 Å². The molecule has 0 N–H and O–H groups in total. The van der Waals surface area contributed by atoms with Gasteiger partial charge in [0.1, 0.15) is 0 Å². The zero-order valence-corrected chi connectivity index (χ0v) is 9.33. The Labute approximate surface area is 86.5 Å². The number of hydrogen-bond donors (Lipinski definition) is 0. The summed E-state index contributed by atoms with van der Waals surface area (Å²) in [6.07, 6.45) is 0. The van der Waals surface area contributed by atoms with Gasteiger partial charge >= 0.3 is 5.97 Å². The van der Waals surface area contributed by atoms with Crippen molar-refractivity contribution in [3.63, 3.8) is 0 Å². The molecule has 4 heteroatoms. The van der Waals surface area contributed by atoms with Crippen molar-refractivity contribution < 1.29 is 9.53 Å². The second-order valence-corrected chi connectivity index (χ2v) is 4.65. The van der Waals surface area contributed by atoms with Crippen LogP contribution in [0.2, 0.25) is 0 Å². The highest BCUT2D eigenvalue weighted by molar-refractivity contribution is 7.12. The van der Waals surface area contributed by atoms with Crippen molar-refractivity contribution in [3.8, 4) is 0 Å². The van der Waals surface area contributed by atoms with Crippen molar-refractivity contribution in [1.82, 2.24) is 0 Å². The Morgan fingerprint density at radius 1 is 1.62 bits per heavy atom. The predicted molar refractivity (Wildman–Crippen MR) is 54.4 cm³/mol. The lowest BCUT2D eigenvalue weighted by molar-refractivity contribution is -0.140. The molecular formula is C9H11ClO2S. The second-order valence-electron chi connectivity index (χ2n) is 2.75. The van der Waals surface area contributed by atoms with Crippen molar-refractivity contribution in [3.05, 3.63) is 21.4 Å². The average Bonchev–Trinajstić information content (AvgIpc) is 2.42. The lowest BCUT2D eigenvalue weighted by atomic mass is 10.2. The van der Waals surface area contributed by atoms with Crippen LogP contribution < -0.4 is 0 Å². The van der Waals surface area contributed by atoms with Crippen molar-refractivity contribution in [1.29, 1.82) is 0 Å². The number of carbonyl (C=O) groups is 1. The van der Waals surface area contributed by atoms with E-state index in [2.05, 4.69) is 4.74 Å². The third-order valence-corrected chi connectivity index (χ3v) is 3.16. The Morgan fingerprint density at radius 2 is 2.23 bits per heavy atom. The number of halogens is 1. The van der Waals surface area contributed by atoms with Crippen molar-refractivity contribution >= 4 is 28.9 Å². The second kappa shape index (κ2) is 4.11. The number of rotatable bonds is 2. The van der Waals surface area contributed by atoms with Gasteiger partial charge in [0.25, 0.3) is 0 Å². The largest absolute Gasteiger partial charge is 0.468 e. The van der Waals surface area contributed by atoms with Crippen molar-refractivity contribution in [2.24, 2.45) is 0 Å². The Balaban J connectivity index is 2.94. The van der Waals surface area contributed by atoms with Gasteiger partial charge in [-0.15, -0.1) is 22.9 Å². The molecule has 1 aromatic rings. The van der Waals surface area contributed by atoms with Crippen LogP contribution in [0.4, 0.5) is 0 Å². The first-order valence-corrected chi connectivity index (χ1v) is 5.10. The van der Waals surface area contributed by atoms with Gasteiger partial charge < -0.3 is 4.74 Å². The molecule has 1 heterocycles. The monoisotopic (exact) mass is 218 g/mol. The van der Waals surface area contributed by atoms with E-state index in [-0.39, 0.29) is 0 Å².